The third-order valence-corrected chi connectivity index (χ3v) is 4.16. The lowest BCUT2D eigenvalue weighted by molar-refractivity contribution is -0.0753. The van der Waals surface area contributed by atoms with Crippen LogP contribution < -0.4 is 0 Å². The van der Waals surface area contributed by atoms with Gasteiger partial charge in [0.1, 0.15) is 0 Å². The summed E-state index contributed by atoms with van der Waals surface area (Å²) in [6, 6.07) is 0. The first-order valence-electron chi connectivity index (χ1n) is 7.02. The zero-order chi connectivity index (χ0) is 13.9. The first-order chi connectivity index (χ1) is 8.93. The van der Waals surface area contributed by atoms with E-state index < -0.39 is 5.60 Å². The fourth-order valence-electron chi connectivity index (χ4n) is 2.67. The number of hydrogen-bond acceptors (Lipinski definition) is 1. The van der Waals surface area contributed by atoms with Gasteiger partial charge in [-0.15, -0.1) is 0 Å². The Morgan fingerprint density at radius 1 is 0.947 bits per heavy atom. The van der Waals surface area contributed by atoms with Gasteiger partial charge < -0.3 is 5.11 Å². The monoisotopic (exact) mass is 256 g/mol. The summed E-state index contributed by atoms with van der Waals surface area (Å²) in [6.07, 6.45) is 21.6. The van der Waals surface area contributed by atoms with E-state index in [4.69, 9.17) is 0 Å². The van der Waals surface area contributed by atoms with Crippen LogP contribution in [-0.4, -0.2) is 10.7 Å². The summed E-state index contributed by atoms with van der Waals surface area (Å²) in [7, 11) is 0. The second-order valence-corrected chi connectivity index (χ2v) is 6.45. The van der Waals surface area contributed by atoms with Gasteiger partial charge in [-0.3, -0.25) is 0 Å². The zero-order valence-electron chi connectivity index (χ0n) is 12.1. The van der Waals surface area contributed by atoms with Gasteiger partial charge in [-0.2, -0.15) is 0 Å². The van der Waals surface area contributed by atoms with Crippen molar-refractivity contribution in [2.45, 2.75) is 32.8 Å². The highest BCUT2D eigenvalue weighted by Gasteiger charge is 2.44. The highest BCUT2D eigenvalue weighted by Crippen LogP contribution is 2.42. The summed E-state index contributed by atoms with van der Waals surface area (Å²) in [5.74, 6) is 0.491. The van der Waals surface area contributed by atoms with E-state index in [1.54, 1.807) is 0 Å². The van der Waals surface area contributed by atoms with E-state index in [9.17, 15) is 5.11 Å². The van der Waals surface area contributed by atoms with E-state index in [-0.39, 0.29) is 11.3 Å². The molecule has 0 fully saturated rings. The van der Waals surface area contributed by atoms with Crippen LogP contribution in [0.4, 0.5) is 0 Å². The minimum absolute atomic E-state index is 0.104. The van der Waals surface area contributed by atoms with Crippen molar-refractivity contribution in [1.82, 2.24) is 0 Å². The standard InChI is InChI=1S/C18H24O/c1-17(2,3)18(19,16-12-6-7-13-16)14-8-11-15-9-4-5-10-15/h4-13,15-16,19H,14H2,1-3H3/b11-8-. The molecule has 0 spiro atoms. The Hall–Kier alpha value is -1.34. The Morgan fingerprint density at radius 3 is 2.00 bits per heavy atom. The smallest absolute Gasteiger partial charge is 0.0826 e. The zero-order valence-corrected chi connectivity index (χ0v) is 12.1. The van der Waals surface area contributed by atoms with Crippen LogP contribution in [0.15, 0.2) is 60.8 Å². The Labute approximate surface area is 116 Å². The highest BCUT2D eigenvalue weighted by atomic mass is 16.3. The lowest BCUT2D eigenvalue weighted by Crippen LogP contribution is -2.47. The average Bonchev–Trinajstić information content (AvgIpc) is 3.00. The van der Waals surface area contributed by atoms with Crippen molar-refractivity contribution in [3.63, 3.8) is 0 Å². The molecular formula is C18H24O. The van der Waals surface area contributed by atoms with Crippen LogP contribution in [0.5, 0.6) is 0 Å². The van der Waals surface area contributed by atoms with E-state index >= 15 is 0 Å². The Morgan fingerprint density at radius 2 is 1.47 bits per heavy atom. The molecule has 19 heavy (non-hydrogen) atoms. The molecule has 0 heterocycles. The topological polar surface area (TPSA) is 20.2 Å². The van der Waals surface area contributed by atoms with Crippen molar-refractivity contribution < 1.29 is 5.11 Å². The normalized spacial score (nSPS) is 22.9. The Kier molecular flexibility index (Phi) is 3.96. The molecule has 0 aromatic rings. The van der Waals surface area contributed by atoms with Crippen LogP contribution in [-0.2, 0) is 0 Å². The van der Waals surface area contributed by atoms with Gasteiger partial charge in [0, 0.05) is 11.8 Å². The summed E-state index contributed by atoms with van der Waals surface area (Å²) in [5.41, 5.74) is -0.901. The second-order valence-electron chi connectivity index (χ2n) is 6.45. The van der Waals surface area contributed by atoms with E-state index in [1.807, 2.05) is 12.2 Å². The fraction of sp³-hybridized carbons (Fsp3) is 0.444. The van der Waals surface area contributed by atoms with Gasteiger partial charge in [0.2, 0.25) is 0 Å². The van der Waals surface area contributed by atoms with Crippen molar-refractivity contribution in [1.29, 1.82) is 0 Å². The van der Waals surface area contributed by atoms with E-state index in [0.29, 0.717) is 12.3 Å². The van der Waals surface area contributed by atoms with Gasteiger partial charge in [-0.25, -0.2) is 0 Å². The first-order valence-corrected chi connectivity index (χ1v) is 7.02. The minimum Gasteiger partial charge on any atom is -0.388 e. The Bertz CT molecular complexity index is 433. The number of allylic oxidation sites excluding steroid dienone is 7. The lowest BCUT2D eigenvalue weighted by Gasteiger charge is -2.43. The van der Waals surface area contributed by atoms with E-state index in [1.165, 1.54) is 0 Å². The molecule has 0 saturated heterocycles. The third kappa shape index (κ3) is 2.98. The molecule has 2 aliphatic carbocycles. The maximum absolute atomic E-state index is 11.1. The molecule has 0 amide bonds. The highest BCUT2D eigenvalue weighted by molar-refractivity contribution is 5.26. The molecule has 0 radical (unpaired) electrons. The molecule has 0 aliphatic heterocycles. The molecule has 1 unspecified atom stereocenters. The van der Waals surface area contributed by atoms with Crippen LogP contribution in [0.1, 0.15) is 27.2 Å². The van der Waals surface area contributed by atoms with Gasteiger partial charge in [0.05, 0.1) is 5.60 Å². The maximum atomic E-state index is 11.1. The molecule has 102 valence electrons. The summed E-state index contributed by atoms with van der Waals surface area (Å²) in [6.45, 7) is 6.32. The van der Waals surface area contributed by atoms with Crippen molar-refractivity contribution in [3.05, 3.63) is 60.8 Å². The number of aliphatic hydroxyl groups is 1. The molecule has 2 rings (SSSR count). The Balaban J connectivity index is 2.10. The SMILES string of the molecule is CC(C)(C)C(O)(C/C=C\C1C=CC=C1)C1C=CC=C1. The lowest BCUT2D eigenvalue weighted by atomic mass is 9.67. The molecular weight excluding hydrogens is 232 g/mol. The number of rotatable bonds is 4. The van der Waals surface area contributed by atoms with Gasteiger partial charge in [0.25, 0.3) is 0 Å². The van der Waals surface area contributed by atoms with Crippen LogP contribution in [0, 0.1) is 17.3 Å². The van der Waals surface area contributed by atoms with Crippen LogP contribution in [0.2, 0.25) is 0 Å². The summed E-state index contributed by atoms with van der Waals surface area (Å²) in [5, 5.41) is 11.1. The number of hydrogen-bond donors (Lipinski definition) is 1. The van der Waals surface area contributed by atoms with E-state index in [2.05, 4.69) is 69.4 Å². The van der Waals surface area contributed by atoms with Crippen LogP contribution in [0.25, 0.3) is 0 Å². The third-order valence-electron chi connectivity index (χ3n) is 4.16. The largest absolute Gasteiger partial charge is 0.388 e. The molecule has 0 aromatic carbocycles. The molecule has 1 nitrogen and oxygen atoms in total. The minimum atomic E-state index is -0.737. The molecule has 0 saturated carbocycles. The van der Waals surface area contributed by atoms with Crippen molar-refractivity contribution >= 4 is 0 Å². The predicted molar refractivity (Wildman–Crippen MR) is 81.7 cm³/mol. The maximum Gasteiger partial charge on any atom is 0.0826 e. The second kappa shape index (κ2) is 5.34. The van der Waals surface area contributed by atoms with Gasteiger partial charge in [-0.1, -0.05) is 81.5 Å². The molecule has 0 aromatic heterocycles. The predicted octanol–water partition coefficient (Wildman–Crippen LogP) is 4.19. The van der Waals surface area contributed by atoms with Gasteiger partial charge in [-0.05, 0) is 11.8 Å². The average molecular weight is 256 g/mol. The quantitative estimate of drug-likeness (QED) is 0.748. The van der Waals surface area contributed by atoms with Gasteiger partial charge >= 0.3 is 0 Å². The van der Waals surface area contributed by atoms with Crippen LogP contribution >= 0.6 is 0 Å². The van der Waals surface area contributed by atoms with Crippen molar-refractivity contribution in [3.8, 4) is 0 Å². The van der Waals surface area contributed by atoms with Crippen molar-refractivity contribution in [2.24, 2.45) is 17.3 Å². The molecule has 1 atom stereocenters. The molecule has 0 bridgehead atoms. The first kappa shape index (κ1) is 14.1. The molecule has 1 N–H and O–H groups in total. The summed E-state index contributed by atoms with van der Waals surface area (Å²) < 4.78 is 0. The summed E-state index contributed by atoms with van der Waals surface area (Å²) >= 11 is 0. The molecule has 1 heteroatoms. The molecule has 2 aliphatic rings. The fourth-order valence-corrected chi connectivity index (χ4v) is 2.67. The van der Waals surface area contributed by atoms with Crippen molar-refractivity contribution in [2.75, 3.05) is 0 Å². The summed E-state index contributed by atoms with van der Waals surface area (Å²) in [4.78, 5) is 0. The van der Waals surface area contributed by atoms with Crippen LogP contribution in [0.3, 0.4) is 0 Å². The van der Waals surface area contributed by atoms with E-state index in [0.717, 1.165) is 0 Å². The van der Waals surface area contributed by atoms with Gasteiger partial charge in [0.15, 0.2) is 0 Å².